The molecule has 2 aromatic carbocycles. The summed E-state index contributed by atoms with van der Waals surface area (Å²) in [6.45, 7) is 0. The van der Waals surface area contributed by atoms with Crippen LogP contribution in [0.1, 0.15) is 0 Å². The number of benzene rings is 2. The maximum Gasteiger partial charge on any atom is 0.119 e. The first-order valence-corrected chi connectivity index (χ1v) is 5.13. The van der Waals surface area contributed by atoms with Crippen LogP contribution in [0.5, 0.6) is 5.75 Å². The molecule has 0 radical (unpaired) electrons. The number of methoxy groups -OCH3 is 1. The molecule has 0 fully saturated rings. The molecule has 0 aliphatic carbocycles. The summed E-state index contributed by atoms with van der Waals surface area (Å²) in [5.74, 6) is 6.89. The summed E-state index contributed by atoms with van der Waals surface area (Å²) < 4.78 is 6.94. The van der Waals surface area contributed by atoms with E-state index < -0.39 is 0 Å². The number of nitrogens with zero attached hydrogens (tertiary/aromatic N) is 1. The Bertz CT molecular complexity index is 670. The van der Waals surface area contributed by atoms with E-state index in [1.165, 1.54) is 0 Å². The van der Waals surface area contributed by atoms with Crippen molar-refractivity contribution >= 4 is 21.8 Å². The fourth-order valence-electron chi connectivity index (χ4n) is 2.11. The average Bonchev–Trinajstić information content (AvgIpc) is 2.64. The third kappa shape index (κ3) is 1.08. The van der Waals surface area contributed by atoms with Crippen molar-refractivity contribution in [3.05, 3.63) is 42.5 Å². The van der Waals surface area contributed by atoms with E-state index >= 15 is 0 Å². The first-order valence-electron chi connectivity index (χ1n) is 5.13. The van der Waals surface area contributed by atoms with Crippen molar-refractivity contribution in [2.24, 2.45) is 0 Å². The first-order chi connectivity index (χ1) is 7.81. The van der Waals surface area contributed by atoms with E-state index in [0.29, 0.717) is 0 Å². The zero-order valence-electron chi connectivity index (χ0n) is 8.97. The van der Waals surface area contributed by atoms with Gasteiger partial charge in [-0.3, -0.25) is 4.68 Å². The highest BCUT2D eigenvalue weighted by Crippen LogP contribution is 2.29. The topological polar surface area (TPSA) is 40.2 Å². The van der Waals surface area contributed by atoms with Crippen molar-refractivity contribution < 1.29 is 4.74 Å². The van der Waals surface area contributed by atoms with Crippen molar-refractivity contribution in [3.8, 4) is 5.75 Å². The molecule has 0 amide bonds. The summed E-state index contributed by atoms with van der Waals surface area (Å²) in [4.78, 5) is 0. The minimum atomic E-state index is 0.851. The highest BCUT2D eigenvalue weighted by molar-refractivity contribution is 6.08. The molecule has 0 saturated heterocycles. The maximum absolute atomic E-state index is 6.04. The lowest BCUT2D eigenvalue weighted by molar-refractivity contribution is 0.415. The van der Waals surface area contributed by atoms with Crippen LogP contribution in [-0.4, -0.2) is 11.8 Å². The van der Waals surface area contributed by atoms with Crippen LogP contribution in [0.3, 0.4) is 0 Å². The van der Waals surface area contributed by atoms with Gasteiger partial charge in [-0.05, 0) is 24.3 Å². The van der Waals surface area contributed by atoms with Gasteiger partial charge in [0.1, 0.15) is 5.75 Å². The Labute approximate surface area is 93.0 Å². The molecule has 0 aliphatic heterocycles. The van der Waals surface area contributed by atoms with Crippen LogP contribution in [0.2, 0.25) is 0 Å². The standard InChI is InChI=1S/C13H12N2O/c1-16-9-6-7-13-11(8-9)10-4-2-3-5-12(10)15(13)14/h2-8H,14H2,1H3. The largest absolute Gasteiger partial charge is 0.497 e. The van der Waals surface area contributed by atoms with Gasteiger partial charge in [0.15, 0.2) is 0 Å². The Morgan fingerprint density at radius 3 is 2.56 bits per heavy atom. The van der Waals surface area contributed by atoms with Gasteiger partial charge in [0.25, 0.3) is 0 Å². The molecule has 0 spiro atoms. The van der Waals surface area contributed by atoms with Crippen molar-refractivity contribution in [1.82, 2.24) is 4.68 Å². The van der Waals surface area contributed by atoms with Gasteiger partial charge in [-0.25, -0.2) is 0 Å². The van der Waals surface area contributed by atoms with Gasteiger partial charge in [0.05, 0.1) is 18.1 Å². The van der Waals surface area contributed by atoms with E-state index in [0.717, 1.165) is 27.6 Å². The molecular formula is C13H12N2O. The predicted molar refractivity (Wildman–Crippen MR) is 66.1 cm³/mol. The number of hydrogen-bond acceptors (Lipinski definition) is 2. The third-order valence-electron chi connectivity index (χ3n) is 2.92. The number of fused-ring (bicyclic) bond motifs is 3. The Morgan fingerprint density at radius 1 is 1.00 bits per heavy atom. The zero-order valence-corrected chi connectivity index (χ0v) is 8.97. The van der Waals surface area contributed by atoms with Crippen LogP contribution < -0.4 is 10.6 Å². The van der Waals surface area contributed by atoms with Crippen LogP contribution in [0.4, 0.5) is 0 Å². The normalized spacial score (nSPS) is 11.1. The molecule has 0 unspecified atom stereocenters. The van der Waals surface area contributed by atoms with Gasteiger partial charge < -0.3 is 10.6 Å². The highest BCUT2D eigenvalue weighted by atomic mass is 16.5. The lowest BCUT2D eigenvalue weighted by Gasteiger charge is -2.00. The lowest BCUT2D eigenvalue weighted by Crippen LogP contribution is -2.06. The van der Waals surface area contributed by atoms with E-state index in [1.807, 2.05) is 36.4 Å². The summed E-state index contributed by atoms with van der Waals surface area (Å²) >= 11 is 0. The molecule has 80 valence electrons. The molecule has 1 aromatic heterocycles. The molecule has 3 nitrogen and oxygen atoms in total. The van der Waals surface area contributed by atoms with Gasteiger partial charge in [-0.2, -0.15) is 0 Å². The number of hydrogen-bond donors (Lipinski definition) is 1. The molecule has 2 N–H and O–H groups in total. The minimum absolute atomic E-state index is 0.851. The molecule has 3 heteroatoms. The molecule has 0 atom stereocenters. The molecule has 1 heterocycles. The van der Waals surface area contributed by atoms with Crippen LogP contribution in [-0.2, 0) is 0 Å². The fourth-order valence-corrected chi connectivity index (χ4v) is 2.11. The van der Waals surface area contributed by atoms with Crippen molar-refractivity contribution in [1.29, 1.82) is 0 Å². The van der Waals surface area contributed by atoms with Crippen LogP contribution >= 0.6 is 0 Å². The maximum atomic E-state index is 6.04. The zero-order chi connectivity index (χ0) is 11.1. The minimum Gasteiger partial charge on any atom is -0.497 e. The first kappa shape index (κ1) is 9.09. The number of rotatable bonds is 1. The Hall–Kier alpha value is -2.16. The number of para-hydroxylation sites is 1. The average molecular weight is 212 g/mol. The van der Waals surface area contributed by atoms with Crippen LogP contribution in [0.15, 0.2) is 42.5 Å². The molecule has 0 aliphatic rings. The second-order valence-corrected chi connectivity index (χ2v) is 3.77. The second kappa shape index (κ2) is 3.17. The summed E-state index contributed by atoms with van der Waals surface area (Å²) in [5, 5.41) is 2.27. The van der Waals surface area contributed by atoms with Gasteiger partial charge in [0.2, 0.25) is 0 Å². The van der Waals surface area contributed by atoms with Crippen molar-refractivity contribution in [3.63, 3.8) is 0 Å². The number of nitrogen functional groups attached to an aromatic ring is 1. The van der Waals surface area contributed by atoms with Crippen LogP contribution in [0, 0.1) is 0 Å². The van der Waals surface area contributed by atoms with Gasteiger partial charge in [0, 0.05) is 10.8 Å². The van der Waals surface area contributed by atoms with Crippen LogP contribution in [0.25, 0.3) is 21.8 Å². The van der Waals surface area contributed by atoms with E-state index in [4.69, 9.17) is 10.6 Å². The van der Waals surface area contributed by atoms with E-state index in [2.05, 4.69) is 6.07 Å². The summed E-state index contributed by atoms with van der Waals surface area (Å²) in [5.41, 5.74) is 2.05. The fraction of sp³-hybridized carbons (Fsp3) is 0.0769. The Kier molecular flexibility index (Phi) is 1.80. The number of aromatic nitrogens is 1. The molecule has 16 heavy (non-hydrogen) atoms. The molecular weight excluding hydrogens is 200 g/mol. The Balaban J connectivity index is 2.52. The quantitative estimate of drug-likeness (QED) is 0.629. The van der Waals surface area contributed by atoms with Crippen molar-refractivity contribution in [2.45, 2.75) is 0 Å². The summed E-state index contributed by atoms with van der Waals surface area (Å²) in [6, 6.07) is 14.0. The summed E-state index contributed by atoms with van der Waals surface area (Å²) in [7, 11) is 1.67. The SMILES string of the molecule is COc1ccc2c(c1)c1ccccc1n2N. The lowest BCUT2D eigenvalue weighted by atomic mass is 10.1. The highest BCUT2D eigenvalue weighted by Gasteiger charge is 2.08. The summed E-state index contributed by atoms with van der Waals surface area (Å²) in [6.07, 6.45) is 0. The van der Waals surface area contributed by atoms with E-state index in [1.54, 1.807) is 11.8 Å². The van der Waals surface area contributed by atoms with Gasteiger partial charge in [-0.15, -0.1) is 0 Å². The molecule has 3 rings (SSSR count). The third-order valence-corrected chi connectivity index (χ3v) is 2.92. The van der Waals surface area contributed by atoms with Gasteiger partial charge in [-0.1, -0.05) is 18.2 Å². The predicted octanol–water partition coefficient (Wildman–Crippen LogP) is 2.52. The molecule has 0 bridgehead atoms. The Morgan fingerprint density at radius 2 is 1.75 bits per heavy atom. The number of nitrogens with two attached hydrogens (primary N) is 1. The smallest absolute Gasteiger partial charge is 0.119 e. The van der Waals surface area contributed by atoms with Crippen molar-refractivity contribution in [2.75, 3.05) is 13.0 Å². The number of ether oxygens (including phenoxy) is 1. The molecule has 3 aromatic rings. The van der Waals surface area contributed by atoms with E-state index in [9.17, 15) is 0 Å². The second-order valence-electron chi connectivity index (χ2n) is 3.77. The van der Waals surface area contributed by atoms with Gasteiger partial charge >= 0.3 is 0 Å². The monoisotopic (exact) mass is 212 g/mol. The molecule has 0 saturated carbocycles. The van der Waals surface area contributed by atoms with E-state index in [-0.39, 0.29) is 0 Å².